The van der Waals surface area contributed by atoms with Gasteiger partial charge in [0.2, 0.25) is 0 Å². The molecule has 0 amide bonds. The lowest BCUT2D eigenvalue weighted by Crippen LogP contribution is -2.27. The van der Waals surface area contributed by atoms with Gasteiger partial charge in [-0.05, 0) is 24.6 Å². The van der Waals surface area contributed by atoms with Crippen molar-refractivity contribution >= 4 is 23.3 Å². The largest absolute Gasteiger partial charge is 0.487 e. The van der Waals surface area contributed by atoms with Crippen LogP contribution in [0, 0.1) is 5.92 Å². The monoisotopic (exact) mass is 327 g/mol. The van der Waals surface area contributed by atoms with Crippen LogP contribution in [0.15, 0.2) is 59.6 Å². The second-order valence-electron chi connectivity index (χ2n) is 5.10. The third-order valence-electron chi connectivity index (χ3n) is 3.34. The van der Waals surface area contributed by atoms with Crippen molar-refractivity contribution in [3.05, 3.63) is 60.2 Å². The summed E-state index contributed by atoms with van der Waals surface area (Å²) >= 11 is 0. The van der Waals surface area contributed by atoms with E-state index < -0.39 is 23.6 Å². The van der Waals surface area contributed by atoms with E-state index in [1.807, 2.05) is 30.3 Å². The van der Waals surface area contributed by atoms with Gasteiger partial charge < -0.3 is 14.9 Å². The van der Waals surface area contributed by atoms with Crippen molar-refractivity contribution in [1.82, 2.24) is 0 Å². The summed E-state index contributed by atoms with van der Waals surface area (Å²) in [6.07, 6.45) is 0. The fourth-order valence-electron chi connectivity index (χ4n) is 1.98. The Hall–Kier alpha value is -3.15. The van der Waals surface area contributed by atoms with Crippen LogP contribution in [0.5, 0.6) is 5.75 Å². The Morgan fingerprint density at radius 2 is 1.67 bits per heavy atom. The number of hydrogen-bond acceptors (Lipinski definition) is 4. The maximum atomic E-state index is 11.3. The number of benzene rings is 2. The van der Waals surface area contributed by atoms with Gasteiger partial charge in [-0.1, -0.05) is 42.5 Å². The molecule has 0 aliphatic rings. The second-order valence-corrected chi connectivity index (χ2v) is 5.10. The van der Waals surface area contributed by atoms with Gasteiger partial charge in [0.05, 0.1) is 0 Å². The van der Waals surface area contributed by atoms with E-state index in [0.717, 1.165) is 5.56 Å². The van der Waals surface area contributed by atoms with Gasteiger partial charge >= 0.3 is 11.9 Å². The molecule has 0 aliphatic heterocycles. The highest BCUT2D eigenvalue weighted by Crippen LogP contribution is 2.28. The van der Waals surface area contributed by atoms with Crippen LogP contribution in [0.3, 0.4) is 0 Å². The molecular weight excluding hydrogens is 310 g/mol. The molecule has 0 aliphatic carbocycles. The summed E-state index contributed by atoms with van der Waals surface area (Å²) in [6.45, 7) is 1.58. The molecule has 1 unspecified atom stereocenters. The smallest absolute Gasteiger partial charge is 0.351 e. The molecule has 2 aromatic rings. The number of aliphatic imine (C=N–C) groups is 1. The molecule has 0 spiro atoms. The van der Waals surface area contributed by atoms with Crippen LogP contribution in [0.25, 0.3) is 0 Å². The fourth-order valence-corrected chi connectivity index (χ4v) is 1.98. The highest BCUT2D eigenvalue weighted by Gasteiger charge is 2.25. The lowest BCUT2D eigenvalue weighted by molar-refractivity contribution is -0.140. The molecule has 6 nitrogen and oxygen atoms in total. The lowest BCUT2D eigenvalue weighted by Gasteiger charge is -2.11. The zero-order valence-electron chi connectivity index (χ0n) is 13.0. The normalized spacial score (nSPS) is 12.5. The summed E-state index contributed by atoms with van der Waals surface area (Å²) in [5.74, 6) is -3.47. The fraction of sp³-hybridized carbons (Fsp3) is 0.167. The Bertz CT molecular complexity index is 755. The number of nitrogens with zero attached hydrogens (tertiary/aromatic N) is 1. The number of aliphatic carboxylic acids is 2. The summed E-state index contributed by atoms with van der Waals surface area (Å²) < 4.78 is 5.70. The summed E-state index contributed by atoms with van der Waals surface area (Å²) in [6, 6.07) is 16.1. The van der Waals surface area contributed by atoms with Crippen LogP contribution < -0.4 is 4.74 Å². The Labute approximate surface area is 139 Å². The number of ether oxygens (including phenoxy) is 1. The maximum Gasteiger partial charge on any atom is 0.351 e. The van der Waals surface area contributed by atoms with Crippen molar-refractivity contribution in [3.8, 4) is 5.75 Å². The third kappa shape index (κ3) is 4.42. The molecule has 24 heavy (non-hydrogen) atoms. The van der Waals surface area contributed by atoms with Crippen molar-refractivity contribution in [2.24, 2.45) is 10.9 Å². The zero-order chi connectivity index (χ0) is 17.5. The van der Waals surface area contributed by atoms with Crippen LogP contribution in [0.1, 0.15) is 12.5 Å². The van der Waals surface area contributed by atoms with E-state index >= 15 is 0 Å². The van der Waals surface area contributed by atoms with Crippen LogP contribution >= 0.6 is 0 Å². The Morgan fingerprint density at radius 1 is 1.04 bits per heavy atom. The molecule has 1 atom stereocenters. The average Bonchev–Trinajstić information content (AvgIpc) is 2.58. The first-order chi connectivity index (χ1) is 11.5. The maximum absolute atomic E-state index is 11.3. The first-order valence-electron chi connectivity index (χ1n) is 7.29. The highest BCUT2D eigenvalue weighted by molar-refractivity contribution is 6.40. The highest BCUT2D eigenvalue weighted by atomic mass is 16.5. The van der Waals surface area contributed by atoms with E-state index in [4.69, 9.17) is 9.84 Å². The molecule has 2 aromatic carbocycles. The Balaban J connectivity index is 2.28. The minimum Gasteiger partial charge on any atom is -0.487 e. The average molecular weight is 327 g/mol. The van der Waals surface area contributed by atoms with Crippen molar-refractivity contribution in [2.45, 2.75) is 13.5 Å². The van der Waals surface area contributed by atoms with Crippen LogP contribution in [-0.4, -0.2) is 27.9 Å². The van der Waals surface area contributed by atoms with Gasteiger partial charge in [-0.2, -0.15) is 0 Å². The van der Waals surface area contributed by atoms with Crippen LogP contribution in [-0.2, 0) is 16.2 Å². The topological polar surface area (TPSA) is 96.2 Å². The minimum absolute atomic E-state index is 0.277. The van der Waals surface area contributed by atoms with Crippen molar-refractivity contribution in [1.29, 1.82) is 0 Å². The molecule has 0 radical (unpaired) electrons. The van der Waals surface area contributed by atoms with Gasteiger partial charge in [0.25, 0.3) is 0 Å². The van der Waals surface area contributed by atoms with E-state index in [9.17, 15) is 14.7 Å². The molecule has 6 heteroatoms. The van der Waals surface area contributed by atoms with Crippen molar-refractivity contribution in [2.75, 3.05) is 0 Å². The number of rotatable bonds is 7. The van der Waals surface area contributed by atoms with Crippen LogP contribution in [0.2, 0.25) is 0 Å². The van der Waals surface area contributed by atoms with E-state index in [2.05, 4.69) is 4.99 Å². The lowest BCUT2D eigenvalue weighted by atomic mass is 10.1. The first kappa shape index (κ1) is 17.2. The molecule has 2 rings (SSSR count). The van der Waals surface area contributed by atoms with Crippen molar-refractivity contribution < 1.29 is 24.5 Å². The van der Waals surface area contributed by atoms with E-state index in [1.54, 1.807) is 24.3 Å². The SMILES string of the molecule is CC(C(=O)O)C(=Nc1ccccc1OCc1ccccc1)C(=O)O. The predicted molar refractivity (Wildman–Crippen MR) is 88.7 cm³/mol. The summed E-state index contributed by atoms with van der Waals surface area (Å²) in [7, 11) is 0. The molecule has 0 saturated heterocycles. The number of carboxylic acids is 2. The Kier molecular flexibility index (Phi) is 5.68. The number of carbonyl (C=O) groups is 2. The molecule has 0 heterocycles. The van der Waals surface area contributed by atoms with E-state index in [0.29, 0.717) is 12.4 Å². The summed E-state index contributed by atoms with van der Waals surface area (Å²) in [5, 5.41) is 18.2. The minimum atomic E-state index is -1.37. The summed E-state index contributed by atoms with van der Waals surface area (Å²) in [5.41, 5.74) is 0.783. The zero-order valence-corrected chi connectivity index (χ0v) is 13.0. The van der Waals surface area contributed by atoms with Gasteiger partial charge in [0, 0.05) is 0 Å². The molecule has 124 valence electrons. The quantitative estimate of drug-likeness (QED) is 0.762. The molecule has 0 bridgehead atoms. The second kappa shape index (κ2) is 7.92. The molecule has 0 fully saturated rings. The first-order valence-corrected chi connectivity index (χ1v) is 7.29. The Morgan fingerprint density at radius 3 is 2.29 bits per heavy atom. The molecule has 2 N–H and O–H groups in total. The third-order valence-corrected chi connectivity index (χ3v) is 3.34. The molecule has 0 saturated carbocycles. The molecular formula is C18H17NO5. The standard InChI is InChI=1S/C18H17NO5/c1-12(17(20)21)16(18(22)23)19-14-9-5-6-10-15(14)24-11-13-7-3-2-4-8-13/h2-10,12H,11H2,1H3,(H,20,21)(H,22,23). The van der Waals surface area contributed by atoms with Gasteiger partial charge in [-0.15, -0.1) is 0 Å². The van der Waals surface area contributed by atoms with Crippen molar-refractivity contribution in [3.63, 3.8) is 0 Å². The van der Waals surface area contributed by atoms with E-state index in [-0.39, 0.29) is 5.69 Å². The number of carboxylic acid groups (broad SMARTS) is 2. The van der Waals surface area contributed by atoms with E-state index in [1.165, 1.54) is 6.92 Å². The van der Waals surface area contributed by atoms with Gasteiger partial charge in [-0.25, -0.2) is 9.79 Å². The van der Waals surface area contributed by atoms with Crippen LogP contribution in [0.4, 0.5) is 5.69 Å². The van der Waals surface area contributed by atoms with Gasteiger partial charge in [0.15, 0.2) is 0 Å². The summed E-state index contributed by atoms with van der Waals surface area (Å²) in [4.78, 5) is 26.4. The van der Waals surface area contributed by atoms with Gasteiger partial charge in [0.1, 0.15) is 29.7 Å². The number of hydrogen-bond donors (Lipinski definition) is 2. The van der Waals surface area contributed by atoms with Gasteiger partial charge in [-0.3, -0.25) is 4.79 Å². The molecule has 0 aromatic heterocycles. The number of para-hydroxylation sites is 2. The predicted octanol–water partition coefficient (Wildman–Crippen LogP) is 3.14.